The van der Waals surface area contributed by atoms with Gasteiger partial charge in [0.1, 0.15) is 0 Å². The van der Waals surface area contributed by atoms with E-state index in [9.17, 15) is 0 Å². The van der Waals surface area contributed by atoms with Crippen molar-refractivity contribution in [2.45, 2.75) is 6.92 Å². The van der Waals surface area contributed by atoms with Crippen LogP contribution in [0.1, 0.15) is 5.56 Å². The highest BCUT2D eigenvalue weighted by Crippen LogP contribution is 2.23. The summed E-state index contributed by atoms with van der Waals surface area (Å²) in [6.45, 7) is 2.04. The summed E-state index contributed by atoms with van der Waals surface area (Å²) in [6, 6.07) is 16.0. The molecule has 3 rings (SSSR count). The van der Waals surface area contributed by atoms with E-state index in [4.69, 9.17) is 0 Å². The molecule has 1 heterocycles. The summed E-state index contributed by atoms with van der Waals surface area (Å²) in [6.07, 6.45) is 1.61. The molecule has 0 atom stereocenters. The lowest BCUT2D eigenvalue weighted by atomic mass is 10.2. The molecule has 6 heteroatoms. The number of nitrogens with zero attached hydrogens (tertiary/aromatic N) is 4. The van der Waals surface area contributed by atoms with Crippen LogP contribution in [0.25, 0.3) is 0 Å². The van der Waals surface area contributed by atoms with Crippen molar-refractivity contribution in [2.24, 2.45) is 0 Å². The Labute approximate surface area is 143 Å². The molecule has 2 aromatic carbocycles. The van der Waals surface area contributed by atoms with Crippen molar-refractivity contribution in [3.63, 3.8) is 0 Å². The first kappa shape index (κ1) is 15.4. The van der Waals surface area contributed by atoms with Gasteiger partial charge in [-0.05, 0) is 42.8 Å². The molecule has 1 aromatic heterocycles. The Balaban J connectivity index is 1.83. The maximum Gasteiger partial charge on any atom is 0.251 e. The zero-order valence-electron chi connectivity index (χ0n) is 12.9. The minimum Gasteiger partial charge on any atom is -0.339 e. The number of aryl methyl sites for hydroxylation is 1. The van der Waals surface area contributed by atoms with Gasteiger partial charge in [-0.3, -0.25) is 0 Å². The largest absolute Gasteiger partial charge is 0.339 e. The maximum atomic E-state index is 4.53. The van der Waals surface area contributed by atoms with Crippen molar-refractivity contribution in [3.05, 3.63) is 64.8 Å². The molecule has 0 aliphatic rings. The highest BCUT2D eigenvalue weighted by molar-refractivity contribution is 9.10. The Kier molecular flexibility index (Phi) is 4.52. The molecule has 0 aliphatic carbocycles. The van der Waals surface area contributed by atoms with Gasteiger partial charge in [0, 0.05) is 22.9 Å². The van der Waals surface area contributed by atoms with Crippen LogP contribution in [0.2, 0.25) is 0 Å². The van der Waals surface area contributed by atoms with Crippen molar-refractivity contribution >= 4 is 39.1 Å². The minimum atomic E-state index is 0.537. The second-order valence-corrected chi connectivity index (χ2v) is 5.98. The molecular formula is C17H16BrN5. The lowest BCUT2D eigenvalue weighted by Crippen LogP contribution is -2.14. The molecule has 23 heavy (non-hydrogen) atoms. The summed E-state index contributed by atoms with van der Waals surface area (Å²) in [4.78, 5) is 6.42. The second kappa shape index (κ2) is 6.75. The number of rotatable bonds is 4. The summed E-state index contributed by atoms with van der Waals surface area (Å²) in [7, 11) is 1.92. The van der Waals surface area contributed by atoms with Crippen LogP contribution >= 0.6 is 15.9 Å². The van der Waals surface area contributed by atoms with E-state index in [1.165, 1.54) is 0 Å². The monoisotopic (exact) mass is 369 g/mol. The predicted octanol–water partition coefficient (Wildman–Crippen LogP) is 4.45. The van der Waals surface area contributed by atoms with Gasteiger partial charge in [0.15, 0.2) is 5.82 Å². The van der Waals surface area contributed by atoms with Crippen LogP contribution in [0, 0.1) is 6.92 Å². The number of hydrogen-bond acceptors (Lipinski definition) is 5. The average molecular weight is 370 g/mol. The van der Waals surface area contributed by atoms with E-state index in [1.54, 1.807) is 6.20 Å². The summed E-state index contributed by atoms with van der Waals surface area (Å²) < 4.78 is 1.08. The van der Waals surface area contributed by atoms with Crippen molar-refractivity contribution in [2.75, 3.05) is 17.3 Å². The molecular weight excluding hydrogens is 354 g/mol. The number of halogens is 1. The highest BCUT2D eigenvalue weighted by Gasteiger charge is 2.08. The fraction of sp³-hybridized carbons (Fsp3) is 0.118. The number of anilines is 4. The second-order valence-electron chi connectivity index (χ2n) is 5.13. The van der Waals surface area contributed by atoms with Gasteiger partial charge in [-0.25, -0.2) is 0 Å². The van der Waals surface area contributed by atoms with E-state index in [0.29, 0.717) is 11.8 Å². The van der Waals surface area contributed by atoms with Crippen LogP contribution in [-0.4, -0.2) is 22.2 Å². The summed E-state index contributed by atoms with van der Waals surface area (Å²) >= 11 is 3.50. The topological polar surface area (TPSA) is 53.9 Å². The first-order chi connectivity index (χ1) is 11.1. The van der Waals surface area contributed by atoms with E-state index in [0.717, 1.165) is 21.4 Å². The van der Waals surface area contributed by atoms with Gasteiger partial charge >= 0.3 is 0 Å². The van der Waals surface area contributed by atoms with Gasteiger partial charge in [0.2, 0.25) is 0 Å². The molecule has 0 saturated heterocycles. The van der Waals surface area contributed by atoms with Crippen LogP contribution in [0.5, 0.6) is 0 Å². The molecule has 0 amide bonds. The quantitative estimate of drug-likeness (QED) is 0.735. The fourth-order valence-electron chi connectivity index (χ4n) is 2.13. The minimum absolute atomic E-state index is 0.537. The van der Waals surface area contributed by atoms with Crippen molar-refractivity contribution < 1.29 is 0 Å². The molecule has 0 radical (unpaired) electrons. The first-order valence-electron chi connectivity index (χ1n) is 7.15. The third kappa shape index (κ3) is 3.65. The van der Waals surface area contributed by atoms with Gasteiger partial charge in [-0.1, -0.05) is 34.1 Å². The molecule has 0 bridgehead atoms. The van der Waals surface area contributed by atoms with Gasteiger partial charge in [-0.15, -0.1) is 5.10 Å². The molecule has 0 spiro atoms. The van der Waals surface area contributed by atoms with Gasteiger partial charge in [-0.2, -0.15) is 10.1 Å². The Hall–Kier alpha value is -2.47. The zero-order chi connectivity index (χ0) is 16.2. The Morgan fingerprint density at radius 1 is 1.09 bits per heavy atom. The smallest absolute Gasteiger partial charge is 0.251 e. The zero-order valence-corrected chi connectivity index (χ0v) is 14.4. The summed E-state index contributed by atoms with van der Waals surface area (Å²) in [5, 5.41) is 11.4. The fourth-order valence-corrected chi connectivity index (χ4v) is 2.38. The third-order valence-electron chi connectivity index (χ3n) is 3.42. The van der Waals surface area contributed by atoms with Crippen LogP contribution in [0.3, 0.4) is 0 Å². The molecule has 3 aromatic rings. The number of aromatic nitrogens is 3. The van der Waals surface area contributed by atoms with Gasteiger partial charge in [0.05, 0.1) is 6.20 Å². The first-order valence-corrected chi connectivity index (χ1v) is 7.94. The standard InChI is InChI=1S/C17H16BrN5/c1-12-10-13(8-9-15(12)18)20-16-11-19-22-17(21-16)23(2)14-6-4-3-5-7-14/h3-11H,1-2H3,(H,20,21,22). The van der Waals surface area contributed by atoms with Crippen LogP contribution < -0.4 is 10.2 Å². The Morgan fingerprint density at radius 2 is 1.87 bits per heavy atom. The lowest BCUT2D eigenvalue weighted by Gasteiger charge is -2.17. The van der Waals surface area contributed by atoms with E-state index in [1.807, 2.05) is 67.4 Å². The van der Waals surface area contributed by atoms with E-state index < -0.39 is 0 Å². The van der Waals surface area contributed by atoms with Crippen LogP contribution in [0.15, 0.2) is 59.2 Å². The molecule has 116 valence electrons. The number of benzene rings is 2. The Morgan fingerprint density at radius 3 is 2.61 bits per heavy atom. The van der Waals surface area contributed by atoms with Crippen LogP contribution in [-0.2, 0) is 0 Å². The summed E-state index contributed by atoms with van der Waals surface area (Å²) in [5.41, 5.74) is 3.11. The maximum absolute atomic E-state index is 4.53. The van der Waals surface area contributed by atoms with Gasteiger partial charge < -0.3 is 10.2 Å². The Bertz CT molecular complexity index is 807. The van der Waals surface area contributed by atoms with Crippen LogP contribution in [0.4, 0.5) is 23.1 Å². The van der Waals surface area contributed by atoms with E-state index in [2.05, 4.69) is 36.4 Å². The normalized spacial score (nSPS) is 10.4. The molecule has 0 saturated carbocycles. The number of hydrogen-bond donors (Lipinski definition) is 1. The van der Waals surface area contributed by atoms with Gasteiger partial charge in [0.25, 0.3) is 5.95 Å². The SMILES string of the molecule is Cc1cc(Nc2cnnc(N(C)c3ccccc3)n2)ccc1Br. The predicted molar refractivity (Wildman–Crippen MR) is 96.5 cm³/mol. The number of nitrogens with one attached hydrogen (secondary N) is 1. The lowest BCUT2D eigenvalue weighted by molar-refractivity contribution is 0.932. The van der Waals surface area contributed by atoms with E-state index in [-0.39, 0.29) is 0 Å². The molecule has 5 nitrogen and oxygen atoms in total. The average Bonchev–Trinajstić information content (AvgIpc) is 2.58. The molecule has 0 fully saturated rings. The number of para-hydroxylation sites is 1. The third-order valence-corrected chi connectivity index (χ3v) is 4.31. The van der Waals surface area contributed by atoms with E-state index >= 15 is 0 Å². The highest BCUT2D eigenvalue weighted by atomic mass is 79.9. The van der Waals surface area contributed by atoms with Crippen molar-refractivity contribution in [3.8, 4) is 0 Å². The van der Waals surface area contributed by atoms with Crippen molar-refractivity contribution in [1.29, 1.82) is 0 Å². The summed E-state index contributed by atoms with van der Waals surface area (Å²) in [5.74, 6) is 1.19. The molecule has 1 N–H and O–H groups in total. The molecule has 0 aliphatic heterocycles. The van der Waals surface area contributed by atoms with Crippen molar-refractivity contribution in [1.82, 2.24) is 15.2 Å². The molecule has 0 unspecified atom stereocenters.